The number of imidazole rings is 1. The number of aromatic nitrogens is 2. The highest BCUT2D eigenvalue weighted by molar-refractivity contribution is 7.99. The predicted molar refractivity (Wildman–Crippen MR) is 113 cm³/mol. The van der Waals surface area contributed by atoms with E-state index in [2.05, 4.69) is 4.98 Å². The number of fused-ring (bicyclic) bond motifs is 1. The smallest absolute Gasteiger partial charge is 0.326 e. The number of ether oxygens (including phenoxy) is 2. The third-order valence-corrected chi connectivity index (χ3v) is 4.99. The van der Waals surface area contributed by atoms with Gasteiger partial charge in [0.25, 0.3) is 5.69 Å². The van der Waals surface area contributed by atoms with Crippen molar-refractivity contribution in [2.75, 3.05) is 12.4 Å². The van der Waals surface area contributed by atoms with Gasteiger partial charge < -0.3 is 14.0 Å². The zero-order chi connectivity index (χ0) is 22.3. The number of carbonyl (C=O) groups is 2. The number of hydrogen-bond acceptors (Lipinski definition) is 8. The molecule has 0 radical (unpaired) electrons. The van der Waals surface area contributed by atoms with Gasteiger partial charge in [0.1, 0.15) is 12.1 Å². The first kappa shape index (κ1) is 23.7. The van der Waals surface area contributed by atoms with Crippen LogP contribution in [0.5, 0.6) is 0 Å². The molecule has 0 aliphatic heterocycles. The van der Waals surface area contributed by atoms with Gasteiger partial charge in [0.2, 0.25) is 0 Å². The number of nitrogens with zero attached hydrogens (tertiary/aromatic N) is 3. The Morgan fingerprint density at radius 1 is 1.23 bits per heavy atom. The maximum atomic E-state index is 12.4. The number of nitro benzene ring substituents is 1. The van der Waals surface area contributed by atoms with E-state index in [1.54, 1.807) is 38.3 Å². The lowest BCUT2D eigenvalue weighted by molar-refractivity contribution is -0.384. The Balaban J connectivity index is 2.17. The van der Waals surface area contributed by atoms with Crippen molar-refractivity contribution >= 4 is 40.4 Å². The Morgan fingerprint density at radius 3 is 2.60 bits per heavy atom. The van der Waals surface area contributed by atoms with Crippen molar-refractivity contribution in [1.82, 2.24) is 9.55 Å². The van der Waals surface area contributed by atoms with Crippen LogP contribution in [0.25, 0.3) is 11.0 Å². The summed E-state index contributed by atoms with van der Waals surface area (Å²) in [6.07, 6.45) is 1.80. The van der Waals surface area contributed by atoms with Crippen LogP contribution >= 0.6 is 11.8 Å². The SMILES string of the molecule is CCOC(=O)CCCCSc1nc2ccc([N+](=O)[O-])cc2n1CC(=O)OC(C)(C)C. The number of nitro groups is 1. The Morgan fingerprint density at radius 2 is 1.97 bits per heavy atom. The van der Waals surface area contributed by atoms with Crippen molar-refractivity contribution in [3.63, 3.8) is 0 Å². The number of thioether (sulfide) groups is 1. The lowest BCUT2D eigenvalue weighted by Crippen LogP contribution is -2.26. The minimum Gasteiger partial charge on any atom is -0.466 e. The first-order valence-electron chi connectivity index (χ1n) is 9.75. The van der Waals surface area contributed by atoms with Crippen LogP contribution < -0.4 is 0 Å². The van der Waals surface area contributed by atoms with Gasteiger partial charge >= 0.3 is 11.9 Å². The summed E-state index contributed by atoms with van der Waals surface area (Å²) in [6.45, 7) is 7.38. The monoisotopic (exact) mass is 437 g/mol. The summed E-state index contributed by atoms with van der Waals surface area (Å²) >= 11 is 1.43. The van der Waals surface area contributed by atoms with Gasteiger partial charge in [-0.15, -0.1) is 0 Å². The molecular formula is C20H27N3O6S. The van der Waals surface area contributed by atoms with Crippen LogP contribution in [0.1, 0.15) is 47.0 Å². The summed E-state index contributed by atoms with van der Waals surface area (Å²) in [6, 6.07) is 4.38. The molecule has 9 nitrogen and oxygen atoms in total. The Hall–Kier alpha value is -2.62. The normalized spacial score (nSPS) is 11.5. The van der Waals surface area contributed by atoms with E-state index < -0.39 is 16.5 Å². The van der Waals surface area contributed by atoms with Crippen molar-refractivity contribution in [3.8, 4) is 0 Å². The number of hydrogen-bond donors (Lipinski definition) is 0. The van der Waals surface area contributed by atoms with E-state index >= 15 is 0 Å². The fraction of sp³-hybridized carbons (Fsp3) is 0.550. The Kier molecular flexibility index (Phi) is 8.22. The van der Waals surface area contributed by atoms with Crippen molar-refractivity contribution < 1.29 is 24.0 Å². The highest BCUT2D eigenvalue weighted by Crippen LogP contribution is 2.28. The summed E-state index contributed by atoms with van der Waals surface area (Å²) in [4.78, 5) is 39.0. The van der Waals surface area contributed by atoms with Crippen LogP contribution in [0.4, 0.5) is 5.69 Å². The molecule has 0 saturated carbocycles. The molecule has 0 amide bonds. The highest BCUT2D eigenvalue weighted by atomic mass is 32.2. The second-order valence-electron chi connectivity index (χ2n) is 7.61. The molecule has 1 aromatic heterocycles. The van der Waals surface area contributed by atoms with Crippen LogP contribution in [-0.2, 0) is 25.6 Å². The quantitative estimate of drug-likeness (QED) is 0.179. The molecule has 0 bridgehead atoms. The van der Waals surface area contributed by atoms with E-state index in [9.17, 15) is 19.7 Å². The van der Waals surface area contributed by atoms with E-state index in [0.717, 1.165) is 6.42 Å². The number of unbranched alkanes of at least 4 members (excludes halogenated alkanes) is 1. The fourth-order valence-corrected chi connectivity index (χ4v) is 3.75. The maximum absolute atomic E-state index is 12.4. The minimum atomic E-state index is -0.639. The van der Waals surface area contributed by atoms with Crippen LogP contribution in [0.2, 0.25) is 0 Å². The third-order valence-electron chi connectivity index (χ3n) is 3.93. The number of rotatable bonds is 10. The van der Waals surface area contributed by atoms with Gasteiger partial charge in [-0.05, 0) is 46.6 Å². The van der Waals surface area contributed by atoms with Crippen LogP contribution in [-0.4, -0.2) is 44.4 Å². The molecule has 2 aromatic rings. The van der Waals surface area contributed by atoms with Gasteiger partial charge in [0, 0.05) is 24.3 Å². The molecule has 164 valence electrons. The van der Waals surface area contributed by atoms with E-state index in [1.807, 2.05) is 0 Å². The molecule has 0 saturated heterocycles. The van der Waals surface area contributed by atoms with E-state index in [4.69, 9.17) is 9.47 Å². The summed E-state index contributed by atoms with van der Waals surface area (Å²) < 4.78 is 12.0. The lowest BCUT2D eigenvalue weighted by atomic mass is 10.2. The molecule has 0 aliphatic carbocycles. The summed E-state index contributed by atoms with van der Waals surface area (Å²) in [5.41, 5.74) is 0.362. The largest absolute Gasteiger partial charge is 0.466 e. The molecule has 0 aliphatic rings. The Labute approximate surface area is 179 Å². The molecule has 1 aromatic carbocycles. The fourth-order valence-electron chi connectivity index (χ4n) is 2.74. The lowest BCUT2D eigenvalue weighted by Gasteiger charge is -2.20. The van der Waals surface area contributed by atoms with Crippen molar-refractivity contribution in [2.45, 2.75) is 64.3 Å². The number of benzene rings is 1. The average molecular weight is 438 g/mol. The zero-order valence-corrected chi connectivity index (χ0v) is 18.5. The molecule has 2 rings (SSSR count). The van der Waals surface area contributed by atoms with Gasteiger partial charge in [0.15, 0.2) is 5.16 Å². The number of non-ortho nitro benzene ring substituents is 1. The molecule has 0 fully saturated rings. The first-order valence-corrected chi connectivity index (χ1v) is 10.7. The van der Waals surface area contributed by atoms with Crippen LogP contribution in [0.15, 0.2) is 23.4 Å². The number of esters is 2. The second-order valence-corrected chi connectivity index (χ2v) is 8.67. The molecule has 30 heavy (non-hydrogen) atoms. The average Bonchev–Trinajstić information content (AvgIpc) is 2.96. The third kappa shape index (κ3) is 7.01. The topological polar surface area (TPSA) is 114 Å². The van der Waals surface area contributed by atoms with E-state index in [1.165, 1.54) is 23.9 Å². The number of carbonyl (C=O) groups excluding carboxylic acids is 2. The van der Waals surface area contributed by atoms with Gasteiger partial charge in [-0.3, -0.25) is 19.7 Å². The van der Waals surface area contributed by atoms with E-state index in [0.29, 0.717) is 41.4 Å². The Bertz CT molecular complexity index is 919. The molecule has 0 unspecified atom stereocenters. The molecule has 10 heteroatoms. The molecular weight excluding hydrogens is 410 g/mol. The summed E-state index contributed by atoms with van der Waals surface area (Å²) in [5, 5.41) is 11.7. The highest BCUT2D eigenvalue weighted by Gasteiger charge is 2.21. The second kappa shape index (κ2) is 10.4. The van der Waals surface area contributed by atoms with Crippen LogP contribution in [0.3, 0.4) is 0 Å². The van der Waals surface area contributed by atoms with Crippen LogP contribution in [0, 0.1) is 10.1 Å². The van der Waals surface area contributed by atoms with E-state index in [-0.39, 0.29) is 18.2 Å². The zero-order valence-electron chi connectivity index (χ0n) is 17.7. The van der Waals surface area contributed by atoms with Gasteiger partial charge in [0.05, 0.1) is 22.6 Å². The van der Waals surface area contributed by atoms with Crippen molar-refractivity contribution in [2.24, 2.45) is 0 Å². The standard InChI is InChI=1S/C20H27N3O6S/c1-5-28-17(24)8-6-7-11-30-19-21-15-10-9-14(23(26)27)12-16(15)22(19)13-18(25)29-20(2,3)4/h9-10,12H,5-8,11,13H2,1-4H3. The molecule has 0 N–H and O–H groups in total. The van der Waals surface area contributed by atoms with Crippen molar-refractivity contribution in [3.05, 3.63) is 28.3 Å². The predicted octanol–water partition coefficient (Wildman–Crippen LogP) is 4.11. The molecule has 0 atom stereocenters. The first-order chi connectivity index (χ1) is 14.1. The van der Waals surface area contributed by atoms with Gasteiger partial charge in [-0.1, -0.05) is 11.8 Å². The maximum Gasteiger partial charge on any atom is 0.326 e. The summed E-state index contributed by atoms with van der Waals surface area (Å²) in [5.74, 6) is 0.0171. The molecule has 1 heterocycles. The summed E-state index contributed by atoms with van der Waals surface area (Å²) in [7, 11) is 0. The molecule has 0 spiro atoms. The minimum absolute atomic E-state index is 0.0705. The van der Waals surface area contributed by atoms with Gasteiger partial charge in [-0.25, -0.2) is 4.98 Å². The van der Waals surface area contributed by atoms with Gasteiger partial charge in [-0.2, -0.15) is 0 Å². The van der Waals surface area contributed by atoms with Crippen molar-refractivity contribution in [1.29, 1.82) is 0 Å².